The van der Waals surface area contributed by atoms with E-state index in [1.165, 1.54) is 51.7 Å². The van der Waals surface area contributed by atoms with Gasteiger partial charge < -0.3 is 10.6 Å². The highest BCUT2D eigenvalue weighted by atomic mass is 15.1. The van der Waals surface area contributed by atoms with E-state index in [1.54, 1.807) is 0 Å². The van der Waals surface area contributed by atoms with Gasteiger partial charge >= 0.3 is 0 Å². The second kappa shape index (κ2) is 5.31. The van der Waals surface area contributed by atoms with Crippen LogP contribution >= 0.6 is 0 Å². The molecule has 88 valence electrons. The van der Waals surface area contributed by atoms with Crippen molar-refractivity contribution in [3.8, 4) is 0 Å². The lowest BCUT2D eigenvalue weighted by Crippen LogP contribution is -2.34. The summed E-state index contributed by atoms with van der Waals surface area (Å²) in [5.41, 5.74) is 5.84. The molecule has 2 fully saturated rings. The monoisotopic (exact) mass is 210 g/mol. The first-order valence-electron chi connectivity index (χ1n) is 6.76. The van der Waals surface area contributed by atoms with Crippen molar-refractivity contribution >= 4 is 0 Å². The molecular formula is C13H26N2. The standard InChI is InChI=1S/C13H26N2/c1-2-15(9-11-6-7-11)10-13-5-3-4-12(13)8-14/h11-13H,2-10,14H2,1H3. The molecule has 2 rings (SSSR count). The van der Waals surface area contributed by atoms with E-state index in [0.717, 1.165) is 24.3 Å². The Kier molecular flexibility index (Phi) is 4.04. The molecule has 0 radical (unpaired) electrons. The number of rotatable bonds is 6. The van der Waals surface area contributed by atoms with Gasteiger partial charge in [-0.05, 0) is 56.5 Å². The molecule has 0 saturated heterocycles. The molecule has 0 aromatic heterocycles. The van der Waals surface area contributed by atoms with Gasteiger partial charge in [-0.2, -0.15) is 0 Å². The fourth-order valence-corrected chi connectivity index (χ4v) is 2.99. The Morgan fingerprint density at radius 2 is 1.80 bits per heavy atom. The summed E-state index contributed by atoms with van der Waals surface area (Å²) in [6.07, 6.45) is 7.15. The third-order valence-corrected chi connectivity index (χ3v) is 4.27. The van der Waals surface area contributed by atoms with E-state index in [4.69, 9.17) is 5.73 Å². The van der Waals surface area contributed by atoms with Crippen molar-refractivity contribution in [2.75, 3.05) is 26.2 Å². The van der Waals surface area contributed by atoms with Gasteiger partial charge in [-0.25, -0.2) is 0 Å². The molecule has 0 aromatic rings. The molecule has 2 atom stereocenters. The maximum absolute atomic E-state index is 5.84. The number of nitrogens with zero attached hydrogens (tertiary/aromatic N) is 1. The lowest BCUT2D eigenvalue weighted by Gasteiger charge is -2.27. The summed E-state index contributed by atoms with van der Waals surface area (Å²) in [6.45, 7) is 7.10. The molecule has 2 aliphatic carbocycles. The molecule has 0 bridgehead atoms. The van der Waals surface area contributed by atoms with Crippen LogP contribution in [0.25, 0.3) is 0 Å². The van der Waals surface area contributed by atoms with Crippen molar-refractivity contribution in [2.24, 2.45) is 23.5 Å². The second-order valence-corrected chi connectivity index (χ2v) is 5.48. The van der Waals surface area contributed by atoms with Gasteiger partial charge in [0.05, 0.1) is 0 Å². The average molecular weight is 210 g/mol. The molecule has 2 nitrogen and oxygen atoms in total. The van der Waals surface area contributed by atoms with Crippen LogP contribution in [0.1, 0.15) is 39.0 Å². The van der Waals surface area contributed by atoms with E-state index >= 15 is 0 Å². The predicted octanol–water partition coefficient (Wildman–Crippen LogP) is 2.09. The first-order valence-corrected chi connectivity index (χ1v) is 6.76. The van der Waals surface area contributed by atoms with Gasteiger partial charge in [-0.3, -0.25) is 0 Å². The highest BCUT2D eigenvalue weighted by Gasteiger charge is 2.29. The summed E-state index contributed by atoms with van der Waals surface area (Å²) in [4.78, 5) is 2.66. The molecule has 2 heteroatoms. The van der Waals surface area contributed by atoms with E-state index in [-0.39, 0.29) is 0 Å². The molecule has 2 saturated carbocycles. The minimum Gasteiger partial charge on any atom is -0.330 e. The fourth-order valence-electron chi connectivity index (χ4n) is 2.99. The van der Waals surface area contributed by atoms with Crippen LogP contribution in [-0.4, -0.2) is 31.1 Å². The third kappa shape index (κ3) is 3.18. The van der Waals surface area contributed by atoms with Gasteiger partial charge in [-0.1, -0.05) is 13.3 Å². The summed E-state index contributed by atoms with van der Waals surface area (Å²) in [5.74, 6) is 2.75. The van der Waals surface area contributed by atoms with Gasteiger partial charge in [0.2, 0.25) is 0 Å². The van der Waals surface area contributed by atoms with E-state index in [2.05, 4.69) is 11.8 Å². The Bertz CT molecular complexity index is 189. The second-order valence-electron chi connectivity index (χ2n) is 5.48. The molecule has 2 unspecified atom stereocenters. The Balaban J connectivity index is 1.76. The highest BCUT2D eigenvalue weighted by molar-refractivity contribution is 4.83. The van der Waals surface area contributed by atoms with Crippen LogP contribution in [0.5, 0.6) is 0 Å². The number of hydrogen-bond acceptors (Lipinski definition) is 2. The van der Waals surface area contributed by atoms with Crippen molar-refractivity contribution in [1.82, 2.24) is 4.90 Å². The molecule has 0 spiro atoms. The van der Waals surface area contributed by atoms with Gasteiger partial charge in [0, 0.05) is 13.1 Å². The van der Waals surface area contributed by atoms with Crippen LogP contribution < -0.4 is 5.73 Å². The Morgan fingerprint density at radius 1 is 1.07 bits per heavy atom. The zero-order valence-electron chi connectivity index (χ0n) is 10.1. The van der Waals surface area contributed by atoms with Crippen LogP contribution in [0.4, 0.5) is 0 Å². The maximum atomic E-state index is 5.84. The molecule has 2 N–H and O–H groups in total. The topological polar surface area (TPSA) is 29.3 Å². The minimum absolute atomic E-state index is 0.818. The molecule has 0 heterocycles. The highest BCUT2D eigenvalue weighted by Crippen LogP contribution is 2.33. The first-order chi connectivity index (χ1) is 7.33. The van der Waals surface area contributed by atoms with E-state index in [0.29, 0.717) is 0 Å². The zero-order valence-corrected chi connectivity index (χ0v) is 10.1. The normalized spacial score (nSPS) is 31.4. The summed E-state index contributed by atoms with van der Waals surface area (Å²) in [7, 11) is 0. The lowest BCUT2D eigenvalue weighted by atomic mass is 9.95. The van der Waals surface area contributed by atoms with Gasteiger partial charge in [0.1, 0.15) is 0 Å². The SMILES string of the molecule is CCN(CC1CC1)CC1CCCC1CN. The maximum Gasteiger partial charge on any atom is 0.00128 e. The molecular weight excluding hydrogens is 184 g/mol. The summed E-state index contributed by atoms with van der Waals surface area (Å²) >= 11 is 0. The van der Waals surface area contributed by atoms with Crippen molar-refractivity contribution < 1.29 is 0 Å². The fraction of sp³-hybridized carbons (Fsp3) is 1.00. The molecule has 15 heavy (non-hydrogen) atoms. The largest absolute Gasteiger partial charge is 0.330 e. The molecule has 0 amide bonds. The number of hydrogen-bond donors (Lipinski definition) is 1. The van der Waals surface area contributed by atoms with Crippen LogP contribution in [-0.2, 0) is 0 Å². The van der Waals surface area contributed by atoms with Crippen molar-refractivity contribution in [1.29, 1.82) is 0 Å². The predicted molar refractivity (Wildman–Crippen MR) is 64.7 cm³/mol. The molecule has 0 aliphatic heterocycles. The molecule has 0 aromatic carbocycles. The summed E-state index contributed by atoms with van der Waals surface area (Å²) < 4.78 is 0. The smallest absolute Gasteiger partial charge is 0.00128 e. The Hall–Kier alpha value is -0.0800. The van der Waals surface area contributed by atoms with E-state index in [9.17, 15) is 0 Å². The zero-order chi connectivity index (χ0) is 10.7. The quantitative estimate of drug-likeness (QED) is 0.727. The van der Waals surface area contributed by atoms with E-state index in [1.807, 2.05) is 0 Å². The van der Waals surface area contributed by atoms with Crippen molar-refractivity contribution in [2.45, 2.75) is 39.0 Å². The summed E-state index contributed by atoms with van der Waals surface area (Å²) in [5, 5.41) is 0. The van der Waals surface area contributed by atoms with E-state index < -0.39 is 0 Å². The first kappa shape index (κ1) is 11.4. The Labute approximate surface area is 94.2 Å². The average Bonchev–Trinajstić information content (AvgIpc) is 2.95. The van der Waals surface area contributed by atoms with Gasteiger partial charge in [0.15, 0.2) is 0 Å². The minimum atomic E-state index is 0.818. The molecule has 2 aliphatic rings. The number of nitrogens with two attached hydrogens (primary N) is 1. The lowest BCUT2D eigenvalue weighted by molar-refractivity contribution is 0.208. The Morgan fingerprint density at radius 3 is 2.40 bits per heavy atom. The van der Waals surface area contributed by atoms with Crippen LogP contribution in [0, 0.1) is 17.8 Å². The van der Waals surface area contributed by atoms with Crippen molar-refractivity contribution in [3.63, 3.8) is 0 Å². The van der Waals surface area contributed by atoms with Crippen molar-refractivity contribution in [3.05, 3.63) is 0 Å². The summed E-state index contributed by atoms with van der Waals surface area (Å²) in [6, 6.07) is 0. The van der Waals surface area contributed by atoms with Gasteiger partial charge in [0.25, 0.3) is 0 Å². The van der Waals surface area contributed by atoms with Crippen LogP contribution in [0.2, 0.25) is 0 Å². The van der Waals surface area contributed by atoms with Gasteiger partial charge in [-0.15, -0.1) is 0 Å². The third-order valence-electron chi connectivity index (χ3n) is 4.27. The van der Waals surface area contributed by atoms with Crippen LogP contribution in [0.15, 0.2) is 0 Å². The van der Waals surface area contributed by atoms with Crippen LogP contribution in [0.3, 0.4) is 0 Å².